The van der Waals surface area contributed by atoms with Gasteiger partial charge in [-0.15, -0.1) is 0 Å². The Morgan fingerprint density at radius 3 is 2.55 bits per heavy atom. The van der Waals surface area contributed by atoms with Gasteiger partial charge < -0.3 is 13.9 Å². The number of nitriles is 1. The van der Waals surface area contributed by atoms with Crippen molar-refractivity contribution >= 4 is 51.3 Å². The van der Waals surface area contributed by atoms with E-state index in [0.29, 0.717) is 44.7 Å². The molecule has 0 spiro atoms. The van der Waals surface area contributed by atoms with Gasteiger partial charge in [0.2, 0.25) is 5.82 Å². The standard InChI is InChI=1S/C32H20Cl2N4O4/c1-40-27-11-6-12-28-23(27)15-29(42-28)31-37-26-10-5-4-9-22(26)32(39)38(31)36-17-19-13-24(33)30(25(34)14-19)41-18-21-8-3-2-7-20(21)16-35/h2-15,17H,18H2,1H3. The number of halogens is 2. The number of hydrogen-bond donors (Lipinski definition) is 0. The van der Waals surface area contributed by atoms with Gasteiger partial charge >= 0.3 is 0 Å². The zero-order chi connectivity index (χ0) is 29.2. The molecule has 10 heteroatoms. The summed E-state index contributed by atoms with van der Waals surface area (Å²) in [4.78, 5) is 18.3. The summed E-state index contributed by atoms with van der Waals surface area (Å²) in [5, 5.41) is 15.4. The van der Waals surface area contributed by atoms with Crippen LogP contribution in [0.4, 0.5) is 0 Å². The maximum absolute atomic E-state index is 13.6. The maximum Gasteiger partial charge on any atom is 0.282 e. The van der Waals surface area contributed by atoms with Crippen molar-refractivity contribution in [3.8, 4) is 29.2 Å². The van der Waals surface area contributed by atoms with Crippen LogP contribution in [0.2, 0.25) is 10.0 Å². The number of benzene rings is 4. The monoisotopic (exact) mass is 594 g/mol. The summed E-state index contributed by atoms with van der Waals surface area (Å²) in [5.74, 6) is 1.45. The fraction of sp³-hybridized carbons (Fsp3) is 0.0625. The topological polar surface area (TPSA) is 103 Å². The molecule has 2 heterocycles. The van der Waals surface area contributed by atoms with Gasteiger partial charge in [-0.3, -0.25) is 4.79 Å². The van der Waals surface area contributed by atoms with E-state index in [0.717, 1.165) is 5.39 Å². The second-order valence-corrected chi connectivity index (χ2v) is 9.98. The Morgan fingerprint density at radius 1 is 1.00 bits per heavy atom. The van der Waals surface area contributed by atoms with E-state index < -0.39 is 0 Å². The van der Waals surface area contributed by atoms with Crippen molar-refractivity contribution in [3.05, 3.63) is 122 Å². The molecule has 0 bridgehead atoms. The lowest BCUT2D eigenvalue weighted by Crippen LogP contribution is -2.20. The molecule has 6 aromatic rings. The van der Waals surface area contributed by atoms with Crippen molar-refractivity contribution < 1.29 is 13.9 Å². The van der Waals surface area contributed by atoms with E-state index in [1.54, 1.807) is 73.8 Å². The number of nitrogens with zero attached hydrogens (tertiary/aromatic N) is 4. The van der Waals surface area contributed by atoms with Crippen LogP contribution in [-0.4, -0.2) is 23.0 Å². The van der Waals surface area contributed by atoms with Crippen LogP contribution in [0.15, 0.2) is 99.2 Å². The Bertz CT molecular complexity index is 2090. The number of rotatable bonds is 7. The number of ether oxygens (including phenoxy) is 2. The highest BCUT2D eigenvalue weighted by atomic mass is 35.5. The minimum absolute atomic E-state index is 0.112. The van der Waals surface area contributed by atoms with Crippen molar-refractivity contribution in [3.63, 3.8) is 0 Å². The van der Waals surface area contributed by atoms with Crippen molar-refractivity contribution in [1.82, 2.24) is 9.66 Å². The van der Waals surface area contributed by atoms with Crippen molar-refractivity contribution in [1.29, 1.82) is 5.26 Å². The lowest BCUT2D eigenvalue weighted by Gasteiger charge is -2.12. The van der Waals surface area contributed by atoms with E-state index in [4.69, 9.17) is 42.1 Å². The Kier molecular flexibility index (Phi) is 7.36. The molecular formula is C32H20Cl2N4O4. The normalized spacial score (nSPS) is 11.3. The van der Waals surface area contributed by atoms with Crippen LogP contribution in [0, 0.1) is 11.3 Å². The smallest absolute Gasteiger partial charge is 0.282 e. The van der Waals surface area contributed by atoms with Crippen molar-refractivity contribution in [2.75, 3.05) is 7.11 Å². The molecule has 2 aromatic heterocycles. The minimum Gasteiger partial charge on any atom is -0.496 e. The van der Waals surface area contributed by atoms with Crippen LogP contribution in [0.3, 0.4) is 0 Å². The summed E-state index contributed by atoms with van der Waals surface area (Å²) in [5.41, 5.74) is 2.42. The van der Waals surface area contributed by atoms with Crippen LogP contribution in [0.25, 0.3) is 33.5 Å². The summed E-state index contributed by atoms with van der Waals surface area (Å²) in [6.45, 7) is 0.112. The van der Waals surface area contributed by atoms with Gasteiger partial charge in [0.25, 0.3) is 5.56 Å². The molecular weight excluding hydrogens is 575 g/mol. The number of para-hydroxylation sites is 1. The van der Waals surface area contributed by atoms with E-state index in [1.807, 2.05) is 18.2 Å². The van der Waals surface area contributed by atoms with Crippen LogP contribution < -0.4 is 15.0 Å². The van der Waals surface area contributed by atoms with Gasteiger partial charge in [-0.25, -0.2) is 4.98 Å². The van der Waals surface area contributed by atoms with Gasteiger partial charge in [0.15, 0.2) is 11.5 Å². The number of furan rings is 1. The molecule has 0 aliphatic heterocycles. The summed E-state index contributed by atoms with van der Waals surface area (Å²) < 4.78 is 18.6. The molecule has 0 unspecified atom stereocenters. The Hall–Kier alpha value is -5.10. The van der Waals surface area contributed by atoms with E-state index in [9.17, 15) is 10.1 Å². The Morgan fingerprint density at radius 2 is 1.76 bits per heavy atom. The molecule has 0 atom stereocenters. The average molecular weight is 595 g/mol. The fourth-order valence-corrected chi connectivity index (χ4v) is 5.15. The molecule has 4 aromatic carbocycles. The number of methoxy groups -OCH3 is 1. The second-order valence-electron chi connectivity index (χ2n) is 9.17. The predicted molar refractivity (Wildman–Crippen MR) is 163 cm³/mol. The average Bonchev–Trinajstić information content (AvgIpc) is 3.45. The summed E-state index contributed by atoms with van der Waals surface area (Å²) in [6.07, 6.45) is 1.46. The number of hydrogen-bond acceptors (Lipinski definition) is 7. The van der Waals surface area contributed by atoms with E-state index in [1.165, 1.54) is 10.9 Å². The van der Waals surface area contributed by atoms with Gasteiger partial charge in [0.1, 0.15) is 17.9 Å². The highest BCUT2D eigenvalue weighted by molar-refractivity contribution is 6.37. The molecule has 0 fully saturated rings. The van der Waals surface area contributed by atoms with Crippen LogP contribution >= 0.6 is 23.2 Å². The second kappa shape index (κ2) is 11.4. The van der Waals surface area contributed by atoms with Crippen LogP contribution in [0.1, 0.15) is 16.7 Å². The minimum atomic E-state index is -0.382. The molecule has 6 rings (SSSR count). The quantitative estimate of drug-likeness (QED) is 0.178. The molecule has 8 nitrogen and oxygen atoms in total. The molecule has 42 heavy (non-hydrogen) atoms. The van der Waals surface area contributed by atoms with Gasteiger partial charge in [-0.1, -0.05) is 59.6 Å². The zero-order valence-electron chi connectivity index (χ0n) is 22.0. The first-order valence-corrected chi connectivity index (χ1v) is 13.5. The summed E-state index contributed by atoms with van der Waals surface area (Å²) >= 11 is 13.0. The largest absolute Gasteiger partial charge is 0.496 e. The predicted octanol–water partition coefficient (Wildman–Crippen LogP) is 7.46. The fourth-order valence-electron chi connectivity index (χ4n) is 4.53. The number of fused-ring (bicyclic) bond motifs is 2. The molecule has 0 amide bonds. The first kappa shape index (κ1) is 27.1. The third kappa shape index (κ3) is 5.07. The Balaban J connectivity index is 1.39. The van der Waals surface area contributed by atoms with Crippen molar-refractivity contribution in [2.24, 2.45) is 5.10 Å². The lowest BCUT2D eigenvalue weighted by molar-refractivity contribution is 0.306. The molecule has 0 radical (unpaired) electrons. The molecule has 0 saturated heterocycles. The summed E-state index contributed by atoms with van der Waals surface area (Å²) in [7, 11) is 1.58. The van der Waals surface area contributed by atoms with Gasteiger partial charge in [0.05, 0.1) is 51.3 Å². The first-order valence-electron chi connectivity index (χ1n) is 12.7. The SMILES string of the molecule is COc1cccc2oc(-c3nc4ccccc4c(=O)n3N=Cc3cc(Cl)c(OCc4ccccc4C#N)c(Cl)c3)cc12. The molecule has 0 aliphatic rings. The third-order valence-electron chi connectivity index (χ3n) is 6.57. The van der Waals surface area contributed by atoms with Crippen molar-refractivity contribution in [2.45, 2.75) is 6.61 Å². The highest BCUT2D eigenvalue weighted by Crippen LogP contribution is 2.35. The molecule has 0 saturated carbocycles. The van der Waals surface area contributed by atoms with Gasteiger partial charge in [0, 0.05) is 5.56 Å². The van der Waals surface area contributed by atoms with E-state index >= 15 is 0 Å². The molecule has 0 N–H and O–H groups in total. The molecule has 206 valence electrons. The van der Waals surface area contributed by atoms with Gasteiger partial charge in [-0.2, -0.15) is 15.0 Å². The lowest BCUT2D eigenvalue weighted by atomic mass is 10.1. The van der Waals surface area contributed by atoms with E-state index in [2.05, 4.69) is 11.2 Å². The highest BCUT2D eigenvalue weighted by Gasteiger charge is 2.18. The maximum atomic E-state index is 13.6. The number of aromatic nitrogens is 2. The molecule has 0 aliphatic carbocycles. The third-order valence-corrected chi connectivity index (χ3v) is 7.13. The van der Waals surface area contributed by atoms with E-state index in [-0.39, 0.29) is 33.8 Å². The Labute approximate surface area is 249 Å². The first-order chi connectivity index (χ1) is 20.5. The van der Waals surface area contributed by atoms with Gasteiger partial charge in [-0.05, 0) is 54.1 Å². The zero-order valence-corrected chi connectivity index (χ0v) is 23.6. The summed E-state index contributed by atoms with van der Waals surface area (Å²) in [6, 6.07) is 26.7. The van der Waals surface area contributed by atoms with Crippen LogP contribution in [0.5, 0.6) is 11.5 Å². The van der Waals surface area contributed by atoms with Crippen LogP contribution in [-0.2, 0) is 6.61 Å².